The van der Waals surface area contributed by atoms with Gasteiger partial charge in [-0.05, 0) is 35.7 Å². The minimum Gasteiger partial charge on any atom is -0.490 e. The molecule has 0 aliphatic heterocycles. The van der Waals surface area contributed by atoms with Crippen LogP contribution < -0.4 is 4.74 Å². The first-order valence-electron chi connectivity index (χ1n) is 7.53. The number of esters is 1. The van der Waals surface area contributed by atoms with E-state index in [1.807, 2.05) is 26.0 Å². The summed E-state index contributed by atoms with van der Waals surface area (Å²) in [6.45, 7) is 4.45. The lowest BCUT2D eigenvalue weighted by atomic mass is 9.89. The lowest BCUT2D eigenvalue weighted by Crippen LogP contribution is -2.23. The number of carbonyl (C=O) groups is 1. The third kappa shape index (κ3) is 5.25. The van der Waals surface area contributed by atoms with Crippen molar-refractivity contribution in [1.82, 2.24) is 4.98 Å². The van der Waals surface area contributed by atoms with E-state index in [0.29, 0.717) is 10.8 Å². The normalized spacial score (nSPS) is 12.0. The van der Waals surface area contributed by atoms with E-state index in [1.165, 1.54) is 0 Å². The number of hydrogen-bond acceptors (Lipinski definition) is 4. The minimum absolute atomic E-state index is 0.126. The summed E-state index contributed by atoms with van der Waals surface area (Å²) in [5.74, 6) is 0.194. The topological polar surface area (TPSA) is 48.4 Å². The Balaban J connectivity index is 1.85. The molecule has 0 radical (unpaired) electrons. The van der Waals surface area contributed by atoms with Crippen LogP contribution in [-0.2, 0) is 9.53 Å². The highest BCUT2D eigenvalue weighted by Gasteiger charge is 2.25. The van der Waals surface area contributed by atoms with Gasteiger partial charge in [0, 0.05) is 17.4 Å². The first-order chi connectivity index (χ1) is 11.1. The number of aromatic nitrogens is 1. The van der Waals surface area contributed by atoms with Crippen molar-refractivity contribution in [2.75, 3.05) is 13.2 Å². The van der Waals surface area contributed by atoms with Crippen LogP contribution in [0.3, 0.4) is 0 Å². The third-order valence-electron chi connectivity index (χ3n) is 3.36. The quantitative estimate of drug-likeness (QED) is 0.565. The van der Waals surface area contributed by atoms with Crippen molar-refractivity contribution in [2.45, 2.75) is 19.8 Å². The molecule has 0 bridgehead atoms. The smallest absolute Gasteiger partial charge is 0.313 e. The summed E-state index contributed by atoms with van der Waals surface area (Å²) in [5, 5.41) is 0.607. The first kappa shape index (κ1) is 17.3. The Morgan fingerprint density at radius 2 is 2.04 bits per heavy atom. The summed E-state index contributed by atoms with van der Waals surface area (Å²) in [7, 11) is 0. The van der Waals surface area contributed by atoms with Gasteiger partial charge in [-0.2, -0.15) is 0 Å². The lowest BCUT2D eigenvalue weighted by Gasteiger charge is -2.19. The Morgan fingerprint density at radius 1 is 1.22 bits per heavy atom. The number of rotatable bonds is 7. The Kier molecular flexibility index (Phi) is 6.41. The number of ether oxygens (including phenoxy) is 2. The zero-order valence-corrected chi connectivity index (χ0v) is 14.0. The average molecular weight is 334 g/mol. The molecule has 2 rings (SSSR count). The van der Waals surface area contributed by atoms with Gasteiger partial charge < -0.3 is 9.47 Å². The molecule has 1 unspecified atom stereocenters. The van der Waals surface area contributed by atoms with Crippen molar-refractivity contribution >= 4 is 17.6 Å². The Bertz CT molecular complexity index is 631. The molecule has 0 amide bonds. The maximum Gasteiger partial charge on any atom is 0.313 e. The van der Waals surface area contributed by atoms with Crippen molar-refractivity contribution in [3.8, 4) is 5.75 Å². The number of hydrogen-bond donors (Lipinski definition) is 0. The van der Waals surface area contributed by atoms with Crippen LogP contribution in [0, 0.1) is 5.92 Å². The van der Waals surface area contributed by atoms with E-state index in [1.54, 1.807) is 36.7 Å². The first-order valence-corrected chi connectivity index (χ1v) is 7.90. The minimum atomic E-state index is -0.324. The van der Waals surface area contributed by atoms with Crippen molar-refractivity contribution < 1.29 is 14.3 Å². The van der Waals surface area contributed by atoms with Gasteiger partial charge in [-0.1, -0.05) is 37.6 Å². The van der Waals surface area contributed by atoms with Gasteiger partial charge >= 0.3 is 5.97 Å². The summed E-state index contributed by atoms with van der Waals surface area (Å²) in [6.07, 6.45) is 3.39. The van der Waals surface area contributed by atoms with E-state index < -0.39 is 0 Å². The Hall–Kier alpha value is -2.07. The van der Waals surface area contributed by atoms with E-state index in [9.17, 15) is 4.79 Å². The zero-order valence-electron chi connectivity index (χ0n) is 13.2. The summed E-state index contributed by atoms with van der Waals surface area (Å²) in [6, 6.07) is 10.8. The van der Waals surface area contributed by atoms with Gasteiger partial charge in [0.05, 0.1) is 5.92 Å². The van der Waals surface area contributed by atoms with Crippen molar-refractivity contribution in [3.63, 3.8) is 0 Å². The second-order valence-corrected chi connectivity index (χ2v) is 5.92. The van der Waals surface area contributed by atoms with Gasteiger partial charge in [-0.15, -0.1) is 0 Å². The lowest BCUT2D eigenvalue weighted by molar-refractivity contribution is -0.147. The highest BCUT2D eigenvalue weighted by Crippen LogP contribution is 2.25. The highest BCUT2D eigenvalue weighted by atomic mass is 35.5. The predicted octanol–water partition coefficient (Wildman–Crippen LogP) is 4.10. The van der Waals surface area contributed by atoms with Crippen LogP contribution >= 0.6 is 11.6 Å². The Labute approximate surface area is 141 Å². The van der Waals surface area contributed by atoms with E-state index in [2.05, 4.69) is 4.98 Å². The second kappa shape index (κ2) is 8.53. The fourth-order valence-electron chi connectivity index (χ4n) is 2.30. The van der Waals surface area contributed by atoms with E-state index >= 15 is 0 Å². The molecule has 0 spiro atoms. The van der Waals surface area contributed by atoms with Gasteiger partial charge in [-0.25, -0.2) is 0 Å². The molecule has 23 heavy (non-hydrogen) atoms. The van der Waals surface area contributed by atoms with Crippen LogP contribution in [-0.4, -0.2) is 24.2 Å². The molecule has 0 saturated heterocycles. The van der Waals surface area contributed by atoms with Crippen LogP contribution in [0.25, 0.3) is 0 Å². The monoisotopic (exact) mass is 333 g/mol. The molecule has 1 heterocycles. The summed E-state index contributed by atoms with van der Waals surface area (Å²) in [4.78, 5) is 16.4. The molecule has 4 nitrogen and oxygen atoms in total. The zero-order chi connectivity index (χ0) is 16.7. The van der Waals surface area contributed by atoms with Crippen LogP contribution in [0.4, 0.5) is 0 Å². The van der Waals surface area contributed by atoms with Gasteiger partial charge in [0.15, 0.2) is 0 Å². The summed E-state index contributed by atoms with van der Waals surface area (Å²) < 4.78 is 10.9. The molecule has 2 aromatic rings. The molecule has 0 aliphatic carbocycles. The van der Waals surface area contributed by atoms with Crippen LogP contribution in [0.15, 0.2) is 48.8 Å². The molecule has 5 heteroatoms. The molecule has 0 saturated carbocycles. The van der Waals surface area contributed by atoms with E-state index in [0.717, 1.165) is 5.56 Å². The van der Waals surface area contributed by atoms with Crippen molar-refractivity contribution in [2.24, 2.45) is 5.92 Å². The fraction of sp³-hybridized carbons (Fsp3) is 0.333. The van der Waals surface area contributed by atoms with Gasteiger partial charge in [-0.3, -0.25) is 9.78 Å². The van der Waals surface area contributed by atoms with Crippen LogP contribution in [0.5, 0.6) is 5.75 Å². The molecular weight excluding hydrogens is 314 g/mol. The average Bonchev–Trinajstić information content (AvgIpc) is 2.52. The number of benzene rings is 1. The third-order valence-corrected chi connectivity index (χ3v) is 3.59. The van der Waals surface area contributed by atoms with Gasteiger partial charge in [0.1, 0.15) is 19.0 Å². The van der Waals surface area contributed by atoms with Crippen molar-refractivity contribution in [3.05, 3.63) is 59.4 Å². The number of halogens is 1. The molecule has 1 atom stereocenters. The largest absolute Gasteiger partial charge is 0.490 e. The number of pyridine rings is 1. The predicted molar refractivity (Wildman–Crippen MR) is 89.7 cm³/mol. The van der Waals surface area contributed by atoms with Crippen molar-refractivity contribution in [1.29, 1.82) is 0 Å². The molecule has 122 valence electrons. The highest BCUT2D eigenvalue weighted by molar-refractivity contribution is 6.30. The molecule has 0 fully saturated rings. The molecule has 0 aliphatic rings. The van der Waals surface area contributed by atoms with Crippen LogP contribution in [0.2, 0.25) is 5.02 Å². The standard InChI is InChI=1S/C18H20ClNO3/c1-13(2)17(14-5-4-8-20-12-14)18(21)23-10-9-22-16-7-3-6-15(19)11-16/h3-8,11-13,17H,9-10H2,1-2H3. The molecular formula is C18H20ClNO3. The van der Waals surface area contributed by atoms with Gasteiger partial charge in [0.2, 0.25) is 0 Å². The van der Waals surface area contributed by atoms with E-state index in [-0.39, 0.29) is 31.0 Å². The van der Waals surface area contributed by atoms with Crippen LogP contribution in [0.1, 0.15) is 25.3 Å². The Morgan fingerprint density at radius 3 is 2.70 bits per heavy atom. The summed E-state index contributed by atoms with van der Waals surface area (Å²) in [5.41, 5.74) is 0.864. The van der Waals surface area contributed by atoms with Gasteiger partial charge in [0.25, 0.3) is 0 Å². The SMILES string of the molecule is CC(C)C(C(=O)OCCOc1cccc(Cl)c1)c1cccnc1. The number of carbonyl (C=O) groups excluding carboxylic acids is 1. The molecule has 1 aromatic heterocycles. The maximum atomic E-state index is 12.3. The second-order valence-electron chi connectivity index (χ2n) is 5.48. The molecule has 1 aromatic carbocycles. The fourth-order valence-corrected chi connectivity index (χ4v) is 2.48. The number of nitrogens with zero attached hydrogens (tertiary/aromatic N) is 1. The van der Waals surface area contributed by atoms with E-state index in [4.69, 9.17) is 21.1 Å². The molecule has 0 N–H and O–H groups in total. The maximum absolute atomic E-state index is 12.3. The summed E-state index contributed by atoms with van der Waals surface area (Å²) >= 11 is 5.88.